The van der Waals surface area contributed by atoms with Crippen LogP contribution in [-0.2, 0) is 28.6 Å². The molecule has 0 aromatic rings. The van der Waals surface area contributed by atoms with E-state index < -0.39 is 6.10 Å². The largest absolute Gasteiger partial charge is 0.462 e. The quantitative estimate of drug-likeness (QED) is 0.0344. The summed E-state index contributed by atoms with van der Waals surface area (Å²) in [5.74, 6) is -0.837. The third kappa shape index (κ3) is 49.4. The number of rotatable bonds is 52. The molecule has 0 bridgehead atoms. The predicted molar refractivity (Wildman–Crippen MR) is 266 cm³/mol. The van der Waals surface area contributed by atoms with Crippen LogP contribution in [-0.4, -0.2) is 37.2 Å². The van der Waals surface area contributed by atoms with Crippen molar-refractivity contribution < 1.29 is 28.6 Å². The van der Waals surface area contributed by atoms with Crippen molar-refractivity contribution in [3.63, 3.8) is 0 Å². The van der Waals surface area contributed by atoms with Crippen LogP contribution in [0.4, 0.5) is 0 Å². The van der Waals surface area contributed by atoms with Crippen molar-refractivity contribution in [1.29, 1.82) is 0 Å². The van der Waals surface area contributed by atoms with Gasteiger partial charge in [-0.25, -0.2) is 0 Å². The van der Waals surface area contributed by atoms with Crippen LogP contribution in [0.3, 0.4) is 0 Å². The number of unbranched alkanes of at least 4 members (excludes halogenated alkanes) is 41. The number of hydrogen-bond acceptors (Lipinski definition) is 6. The summed E-state index contributed by atoms with van der Waals surface area (Å²) in [7, 11) is 0. The summed E-state index contributed by atoms with van der Waals surface area (Å²) < 4.78 is 16.8. The van der Waals surface area contributed by atoms with Crippen LogP contribution in [0.1, 0.15) is 323 Å². The first-order valence-corrected chi connectivity index (χ1v) is 28.0. The molecule has 0 aliphatic heterocycles. The van der Waals surface area contributed by atoms with E-state index in [1.165, 1.54) is 225 Å². The van der Waals surface area contributed by atoms with E-state index in [2.05, 4.69) is 20.8 Å². The van der Waals surface area contributed by atoms with Gasteiger partial charge < -0.3 is 14.2 Å². The fourth-order valence-corrected chi connectivity index (χ4v) is 8.62. The molecule has 0 saturated heterocycles. The summed E-state index contributed by atoms with van der Waals surface area (Å²) in [6.45, 7) is 6.69. The van der Waals surface area contributed by atoms with Crippen molar-refractivity contribution in [2.24, 2.45) is 0 Å². The second-order valence-corrected chi connectivity index (χ2v) is 19.2. The van der Waals surface area contributed by atoms with Crippen LogP contribution in [0.15, 0.2) is 0 Å². The van der Waals surface area contributed by atoms with Crippen LogP contribution in [0.5, 0.6) is 0 Å². The van der Waals surface area contributed by atoms with Crippen LogP contribution in [0.25, 0.3) is 0 Å². The van der Waals surface area contributed by atoms with Gasteiger partial charge in [-0.1, -0.05) is 284 Å². The molecule has 1 atom stereocenters. The lowest BCUT2D eigenvalue weighted by Gasteiger charge is -2.18. The van der Waals surface area contributed by atoms with E-state index >= 15 is 0 Å². The first kappa shape index (κ1) is 60.4. The van der Waals surface area contributed by atoms with Crippen molar-refractivity contribution in [3.05, 3.63) is 0 Å². The third-order valence-electron chi connectivity index (χ3n) is 12.9. The number of hydrogen-bond donors (Lipinski definition) is 0. The zero-order valence-electron chi connectivity index (χ0n) is 42.2. The SMILES string of the molecule is CCCCCCCCCCCCCCCCCCCC(=O)OC[C@H](COC(=O)CCCCCCCCCCCC)OC(=O)CCCCCCCCCCCCCCCCCCC. The van der Waals surface area contributed by atoms with Gasteiger partial charge in [-0.05, 0) is 19.3 Å². The minimum atomic E-state index is -0.760. The van der Waals surface area contributed by atoms with Gasteiger partial charge >= 0.3 is 17.9 Å². The van der Waals surface area contributed by atoms with E-state index in [1.54, 1.807) is 0 Å². The summed E-state index contributed by atoms with van der Waals surface area (Å²) >= 11 is 0. The molecule has 0 amide bonds. The molecule has 62 heavy (non-hydrogen) atoms. The van der Waals surface area contributed by atoms with Gasteiger partial charge in [0.1, 0.15) is 13.2 Å². The highest BCUT2D eigenvalue weighted by molar-refractivity contribution is 5.71. The maximum absolute atomic E-state index is 12.8. The highest BCUT2D eigenvalue weighted by atomic mass is 16.6. The van der Waals surface area contributed by atoms with E-state index in [4.69, 9.17) is 14.2 Å². The normalized spacial score (nSPS) is 11.9. The summed E-state index contributed by atoms with van der Waals surface area (Å²) in [5, 5.41) is 0. The average molecular weight is 877 g/mol. The molecular formula is C56H108O6. The summed E-state index contributed by atoms with van der Waals surface area (Å²) in [5.41, 5.74) is 0. The van der Waals surface area contributed by atoms with Gasteiger partial charge in [0.2, 0.25) is 0 Å². The number of esters is 3. The molecule has 6 heteroatoms. The minimum absolute atomic E-state index is 0.0614. The van der Waals surface area contributed by atoms with Crippen LogP contribution in [0, 0.1) is 0 Å². The van der Waals surface area contributed by atoms with Crippen molar-refractivity contribution in [2.75, 3.05) is 13.2 Å². The van der Waals surface area contributed by atoms with Crippen LogP contribution in [0.2, 0.25) is 0 Å². The number of ether oxygens (including phenoxy) is 3. The molecule has 368 valence electrons. The summed E-state index contributed by atoms with van der Waals surface area (Å²) in [6, 6.07) is 0. The maximum atomic E-state index is 12.8. The first-order chi connectivity index (χ1) is 30.5. The van der Waals surface area contributed by atoms with E-state index in [1.807, 2.05) is 0 Å². The second kappa shape index (κ2) is 52.0. The van der Waals surface area contributed by atoms with Gasteiger partial charge in [-0.2, -0.15) is 0 Å². The van der Waals surface area contributed by atoms with Crippen molar-refractivity contribution in [2.45, 2.75) is 329 Å². The molecule has 0 N–H and O–H groups in total. The standard InChI is InChI=1S/C56H108O6/c1-4-7-10-13-16-19-22-24-26-28-30-32-34-37-40-43-46-49-55(58)61-52-53(51-60-54(57)48-45-42-39-36-21-18-15-12-9-6-3)62-56(59)50-47-44-41-38-35-33-31-29-27-25-23-20-17-14-11-8-5-2/h53H,4-52H2,1-3H3/t53-/m0/s1. The molecule has 0 aromatic heterocycles. The lowest BCUT2D eigenvalue weighted by Crippen LogP contribution is -2.30. The second-order valence-electron chi connectivity index (χ2n) is 19.2. The van der Waals surface area contributed by atoms with Gasteiger partial charge in [0.25, 0.3) is 0 Å². The molecule has 0 spiro atoms. The molecule has 0 aromatic carbocycles. The lowest BCUT2D eigenvalue weighted by atomic mass is 10.0. The highest BCUT2D eigenvalue weighted by Crippen LogP contribution is 2.17. The summed E-state index contributed by atoms with van der Waals surface area (Å²) in [6.07, 6.45) is 56.6. The van der Waals surface area contributed by atoms with Gasteiger partial charge in [0.15, 0.2) is 6.10 Å². The molecule has 0 radical (unpaired) electrons. The lowest BCUT2D eigenvalue weighted by molar-refractivity contribution is -0.167. The molecule has 0 fully saturated rings. The summed E-state index contributed by atoms with van der Waals surface area (Å²) in [4.78, 5) is 38.0. The van der Waals surface area contributed by atoms with Crippen molar-refractivity contribution in [3.8, 4) is 0 Å². The molecular weight excluding hydrogens is 769 g/mol. The Labute approximate surface area is 387 Å². The Hall–Kier alpha value is -1.59. The van der Waals surface area contributed by atoms with Crippen molar-refractivity contribution in [1.82, 2.24) is 0 Å². The molecule has 0 aliphatic rings. The molecule has 0 heterocycles. The van der Waals surface area contributed by atoms with Gasteiger partial charge in [-0.15, -0.1) is 0 Å². The molecule has 0 saturated carbocycles. The third-order valence-corrected chi connectivity index (χ3v) is 12.9. The Bertz CT molecular complexity index is 920. The zero-order valence-corrected chi connectivity index (χ0v) is 42.2. The smallest absolute Gasteiger partial charge is 0.306 e. The Morgan fingerprint density at radius 1 is 0.258 bits per heavy atom. The van der Waals surface area contributed by atoms with Gasteiger partial charge in [-0.3, -0.25) is 14.4 Å². The van der Waals surface area contributed by atoms with E-state index in [0.29, 0.717) is 19.3 Å². The maximum Gasteiger partial charge on any atom is 0.306 e. The van der Waals surface area contributed by atoms with Crippen molar-refractivity contribution >= 4 is 17.9 Å². The zero-order chi connectivity index (χ0) is 45.1. The molecule has 0 unspecified atom stereocenters. The van der Waals surface area contributed by atoms with Crippen LogP contribution >= 0.6 is 0 Å². The van der Waals surface area contributed by atoms with E-state index in [-0.39, 0.29) is 31.1 Å². The minimum Gasteiger partial charge on any atom is -0.462 e. The molecule has 0 rings (SSSR count). The first-order valence-electron chi connectivity index (χ1n) is 28.0. The predicted octanol–water partition coefficient (Wildman–Crippen LogP) is 18.4. The van der Waals surface area contributed by atoms with Gasteiger partial charge in [0, 0.05) is 19.3 Å². The molecule has 6 nitrogen and oxygen atoms in total. The average Bonchev–Trinajstić information content (AvgIpc) is 3.27. The Kier molecular flexibility index (Phi) is 50.7. The monoisotopic (exact) mass is 877 g/mol. The molecule has 0 aliphatic carbocycles. The van der Waals surface area contributed by atoms with E-state index in [9.17, 15) is 14.4 Å². The van der Waals surface area contributed by atoms with Crippen LogP contribution < -0.4 is 0 Å². The Morgan fingerprint density at radius 3 is 0.645 bits per heavy atom. The topological polar surface area (TPSA) is 78.9 Å². The Balaban J connectivity index is 4.24. The highest BCUT2D eigenvalue weighted by Gasteiger charge is 2.19. The fourth-order valence-electron chi connectivity index (χ4n) is 8.62. The Morgan fingerprint density at radius 2 is 0.435 bits per heavy atom. The number of carbonyl (C=O) groups is 3. The van der Waals surface area contributed by atoms with E-state index in [0.717, 1.165) is 57.8 Å². The number of carbonyl (C=O) groups excluding carboxylic acids is 3. The fraction of sp³-hybridized carbons (Fsp3) is 0.946. The van der Waals surface area contributed by atoms with Gasteiger partial charge in [0.05, 0.1) is 0 Å².